The third-order valence-corrected chi connectivity index (χ3v) is 5.40. The number of benzene rings is 2. The number of nitrogens with two attached hydrogens (primary N) is 1. The van der Waals surface area contributed by atoms with Gasteiger partial charge in [0.15, 0.2) is 5.71 Å². The van der Waals surface area contributed by atoms with E-state index in [-0.39, 0.29) is 18.2 Å². The SMILES string of the molecule is CON=C(C(N)=O)c1ccccc1CON=C(C)[C@@H]1C[C@@]1(C)c1ccc(F)cc1F. The van der Waals surface area contributed by atoms with E-state index in [1.807, 2.05) is 13.8 Å². The number of nitrogens with zero attached hydrogens (tertiary/aromatic N) is 2. The van der Waals surface area contributed by atoms with Crippen LogP contribution in [0.1, 0.15) is 37.0 Å². The fourth-order valence-corrected chi connectivity index (χ4v) is 3.69. The first-order valence-electron chi connectivity index (χ1n) is 9.39. The van der Waals surface area contributed by atoms with Crippen LogP contribution >= 0.6 is 0 Å². The zero-order chi connectivity index (χ0) is 21.9. The summed E-state index contributed by atoms with van der Waals surface area (Å²) in [6, 6.07) is 10.6. The second-order valence-corrected chi connectivity index (χ2v) is 7.45. The van der Waals surface area contributed by atoms with E-state index in [2.05, 4.69) is 10.3 Å². The van der Waals surface area contributed by atoms with Gasteiger partial charge in [0.05, 0.1) is 5.71 Å². The van der Waals surface area contributed by atoms with Crippen molar-refractivity contribution in [2.45, 2.75) is 32.3 Å². The number of hydrogen-bond acceptors (Lipinski definition) is 5. The Morgan fingerprint density at radius 1 is 1.23 bits per heavy atom. The summed E-state index contributed by atoms with van der Waals surface area (Å²) in [5, 5.41) is 7.87. The smallest absolute Gasteiger partial charge is 0.271 e. The van der Waals surface area contributed by atoms with E-state index in [0.717, 1.165) is 6.07 Å². The van der Waals surface area contributed by atoms with Gasteiger partial charge in [-0.1, -0.05) is 47.6 Å². The van der Waals surface area contributed by atoms with Crippen molar-refractivity contribution in [2.75, 3.05) is 7.11 Å². The van der Waals surface area contributed by atoms with Crippen LogP contribution < -0.4 is 5.73 Å². The van der Waals surface area contributed by atoms with Crippen LogP contribution in [0.2, 0.25) is 0 Å². The first-order valence-corrected chi connectivity index (χ1v) is 9.39. The molecule has 0 unspecified atom stereocenters. The van der Waals surface area contributed by atoms with Crippen LogP contribution in [-0.4, -0.2) is 24.4 Å². The van der Waals surface area contributed by atoms with Crippen molar-refractivity contribution in [2.24, 2.45) is 22.0 Å². The van der Waals surface area contributed by atoms with Crippen LogP contribution in [0.3, 0.4) is 0 Å². The summed E-state index contributed by atoms with van der Waals surface area (Å²) < 4.78 is 27.4. The Kier molecular flexibility index (Phi) is 6.14. The molecule has 1 aliphatic carbocycles. The summed E-state index contributed by atoms with van der Waals surface area (Å²) in [5.74, 6) is -1.89. The van der Waals surface area contributed by atoms with Gasteiger partial charge < -0.3 is 15.4 Å². The lowest BCUT2D eigenvalue weighted by Gasteiger charge is -2.13. The second-order valence-electron chi connectivity index (χ2n) is 7.45. The summed E-state index contributed by atoms with van der Waals surface area (Å²) in [5.41, 5.74) is 7.25. The van der Waals surface area contributed by atoms with E-state index in [1.54, 1.807) is 24.3 Å². The molecule has 2 aromatic rings. The molecule has 30 heavy (non-hydrogen) atoms. The van der Waals surface area contributed by atoms with Gasteiger partial charge in [0.2, 0.25) is 0 Å². The summed E-state index contributed by atoms with van der Waals surface area (Å²) in [6.07, 6.45) is 0.692. The minimum Gasteiger partial charge on any atom is -0.398 e. The van der Waals surface area contributed by atoms with Gasteiger partial charge in [0.1, 0.15) is 25.4 Å². The Morgan fingerprint density at radius 3 is 2.63 bits per heavy atom. The number of amides is 1. The van der Waals surface area contributed by atoms with E-state index in [0.29, 0.717) is 28.8 Å². The maximum atomic E-state index is 14.2. The Labute approximate surface area is 173 Å². The highest BCUT2D eigenvalue weighted by Gasteiger charge is 2.54. The standard InChI is InChI=1S/C22H23F2N3O3/c1-13(18-11-22(18,2)17-9-8-15(23)10-19(17)24)26-30-12-14-6-4-5-7-16(14)20(21(25)28)27-29-3/h4-10,18H,11-12H2,1-3H3,(H2,25,28)/t18-,22-/m0/s1. The summed E-state index contributed by atoms with van der Waals surface area (Å²) in [6.45, 7) is 3.81. The van der Waals surface area contributed by atoms with Crippen molar-refractivity contribution in [3.05, 3.63) is 70.8 Å². The first kappa shape index (κ1) is 21.4. The Morgan fingerprint density at radius 2 is 1.97 bits per heavy atom. The number of halogens is 2. The van der Waals surface area contributed by atoms with E-state index in [1.165, 1.54) is 19.2 Å². The molecule has 0 radical (unpaired) electrons. The molecular formula is C22H23F2N3O3. The van der Waals surface area contributed by atoms with Gasteiger partial charge in [0, 0.05) is 28.5 Å². The van der Waals surface area contributed by atoms with E-state index < -0.39 is 23.0 Å². The van der Waals surface area contributed by atoms with Crippen molar-refractivity contribution in [3.63, 3.8) is 0 Å². The zero-order valence-electron chi connectivity index (χ0n) is 17.0. The maximum Gasteiger partial charge on any atom is 0.271 e. The molecular weight excluding hydrogens is 392 g/mol. The molecule has 1 aliphatic rings. The van der Waals surface area contributed by atoms with Crippen LogP contribution in [0.15, 0.2) is 52.8 Å². The second kappa shape index (κ2) is 8.61. The zero-order valence-corrected chi connectivity index (χ0v) is 17.0. The molecule has 158 valence electrons. The molecule has 8 heteroatoms. The molecule has 0 spiro atoms. The molecule has 0 aliphatic heterocycles. The molecule has 2 N–H and O–H groups in total. The third-order valence-electron chi connectivity index (χ3n) is 5.40. The van der Waals surface area contributed by atoms with Gasteiger partial charge in [0.25, 0.3) is 5.91 Å². The van der Waals surface area contributed by atoms with Crippen molar-refractivity contribution in [1.82, 2.24) is 0 Å². The largest absolute Gasteiger partial charge is 0.398 e. The van der Waals surface area contributed by atoms with Crippen LogP contribution in [0.4, 0.5) is 8.78 Å². The van der Waals surface area contributed by atoms with E-state index >= 15 is 0 Å². The molecule has 1 fully saturated rings. The van der Waals surface area contributed by atoms with E-state index in [4.69, 9.17) is 15.4 Å². The van der Waals surface area contributed by atoms with Crippen molar-refractivity contribution in [3.8, 4) is 0 Å². The highest BCUT2D eigenvalue weighted by Crippen LogP contribution is 2.55. The number of carbonyl (C=O) groups excluding carboxylic acids is 1. The van der Waals surface area contributed by atoms with Gasteiger partial charge in [-0.15, -0.1) is 0 Å². The highest BCUT2D eigenvalue weighted by atomic mass is 19.1. The molecule has 2 aromatic carbocycles. The molecule has 1 amide bonds. The van der Waals surface area contributed by atoms with Crippen molar-refractivity contribution < 1.29 is 23.3 Å². The average Bonchev–Trinajstić information content (AvgIpc) is 3.39. The molecule has 0 saturated heterocycles. The predicted molar refractivity (Wildman–Crippen MR) is 109 cm³/mol. The molecule has 3 rings (SSSR count). The van der Waals surface area contributed by atoms with E-state index in [9.17, 15) is 13.6 Å². The average molecular weight is 415 g/mol. The van der Waals surface area contributed by atoms with Gasteiger partial charge in [-0.2, -0.15) is 0 Å². The fraction of sp³-hybridized carbons (Fsp3) is 0.318. The summed E-state index contributed by atoms with van der Waals surface area (Å²) in [4.78, 5) is 21.9. The lowest BCUT2D eigenvalue weighted by atomic mass is 9.93. The summed E-state index contributed by atoms with van der Waals surface area (Å²) in [7, 11) is 1.33. The van der Waals surface area contributed by atoms with Gasteiger partial charge in [-0.25, -0.2) is 8.78 Å². The van der Waals surface area contributed by atoms with Gasteiger partial charge >= 0.3 is 0 Å². The number of oxime groups is 2. The van der Waals surface area contributed by atoms with Crippen molar-refractivity contribution >= 4 is 17.3 Å². The lowest BCUT2D eigenvalue weighted by Crippen LogP contribution is -2.25. The van der Waals surface area contributed by atoms with Gasteiger partial charge in [-0.3, -0.25) is 4.79 Å². The molecule has 6 nitrogen and oxygen atoms in total. The Bertz CT molecular complexity index is 1020. The third kappa shape index (κ3) is 4.32. The Hall–Kier alpha value is -3.29. The molecule has 2 atom stereocenters. The topological polar surface area (TPSA) is 86.3 Å². The molecule has 0 heterocycles. The quantitative estimate of drug-likeness (QED) is 0.527. The number of rotatable bonds is 8. The van der Waals surface area contributed by atoms with Crippen LogP contribution in [0, 0.1) is 17.6 Å². The van der Waals surface area contributed by atoms with Crippen LogP contribution in [0.5, 0.6) is 0 Å². The number of carbonyl (C=O) groups is 1. The minimum atomic E-state index is -0.723. The van der Waals surface area contributed by atoms with Crippen LogP contribution in [0.25, 0.3) is 0 Å². The summed E-state index contributed by atoms with van der Waals surface area (Å²) >= 11 is 0. The van der Waals surface area contributed by atoms with Gasteiger partial charge in [-0.05, 0) is 25.0 Å². The maximum absolute atomic E-state index is 14.2. The highest BCUT2D eigenvalue weighted by molar-refractivity contribution is 6.45. The molecule has 0 bridgehead atoms. The predicted octanol–water partition coefficient (Wildman–Crippen LogP) is 3.67. The molecule has 0 aromatic heterocycles. The molecule has 1 saturated carbocycles. The minimum absolute atomic E-state index is 0.0102. The van der Waals surface area contributed by atoms with Crippen LogP contribution in [-0.2, 0) is 26.5 Å². The fourth-order valence-electron chi connectivity index (χ4n) is 3.69. The monoisotopic (exact) mass is 415 g/mol. The number of hydrogen-bond donors (Lipinski definition) is 1. The lowest BCUT2D eigenvalue weighted by molar-refractivity contribution is -0.112. The first-order chi connectivity index (χ1) is 14.3. The van der Waals surface area contributed by atoms with Crippen molar-refractivity contribution in [1.29, 1.82) is 0 Å². The number of primary amides is 1. The Balaban J connectivity index is 1.71. The normalized spacial score (nSPS) is 21.3.